The summed E-state index contributed by atoms with van der Waals surface area (Å²) in [5.41, 5.74) is 0.411. The van der Waals surface area contributed by atoms with Crippen molar-refractivity contribution in [3.63, 3.8) is 0 Å². The Morgan fingerprint density at radius 1 is 1.35 bits per heavy atom. The second kappa shape index (κ2) is 3.62. The molecule has 1 saturated carbocycles. The number of pyridine rings is 1. The summed E-state index contributed by atoms with van der Waals surface area (Å²) in [7, 11) is 0. The SMILES string of the molecule is CC1(CNc2cc3ccccc3c(=O)[nH]2)CC1. The molecule has 3 heteroatoms. The van der Waals surface area contributed by atoms with Crippen molar-refractivity contribution >= 4 is 16.6 Å². The number of H-pyrrole nitrogens is 1. The van der Waals surface area contributed by atoms with Crippen LogP contribution in [-0.2, 0) is 0 Å². The van der Waals surface area contributed by atoms with Crippen LogP contribution in [-0.4, -0.2) is 11.5 Å². The van der Waals surface area contributed by atoms with Crippen LogP contribution in [0.25, 0.3) is 10.8 Å². The van der Waals surface area contributed by atoms with Gasteiger partial charge in [-0.3, -0.25) is 4.79 Å². The van der Waals surface area contributed by atoms with E-state index >= 15 is 0 Å². The highest BCUT2D eigenvalue weighted by molar-refractivity contribution is 5.83. The van der Waals surface area contributed by atoms with E-state index in [1.165, 1.54) is 12.8 Å². The largest absolute Gasteiger partial charge is 0.371 e. The van der Waals surface area contributed by atoms with E-state index in [2.05, 4.69) is 17.2 Å². The van der Waals surface area contributed by atoms with Crippen molar-refractivity contribution in [2.75, 3.05) is 11.9 Å². The van der Waals surface area contributed by atoms with Crippen LogP contribution >= 0.6 is 0 Å². The Balaban J connectivity index is 1.92. The molecule has 0 saturated heterocycles. The fourth-order valence-electron chi connectivity index (χ4n) is 2.00. The van der Waals surface area contributed by atoms with Gasteiger partial charge in [0.05, 0.1) is 0 Å². The average molecular weight is 228 g/mol. The van der Waals surface area contributed by atoms with Gasteiger partial charge in [0.25, 0.3) is 5.56 Å². The smallest absolute Gasteiger partial charge is 0.257 e. The lowest BCUT2D eigenvalue weighted by molar-refractivity contribution is 0.609. The van der Waals surface area contributed by atoms with Crippen molar-refractivity contribution in [3.8, 4) is 0 Å². The first-order valence-corrected chi connectivity index (χ1v) is 6.02. The predicted octanol–water partition coefficient (Wildman–Crippen LogP) is 2.74. The van der Waals surface area contributed by atoms with E-state index in [-0.39, 0.29) is 5.56 Å². The van der Waals surface area contributed by atoms with Crippen LogP contribution in [0.4, 0.5) is 5.82 Å². The highest BCUT2D eigenvalue weighted by atomic mass is 16.1. The first-order valence-electron chi connectivity index (χ1n) is 6.02. The van der Waals surface area contributed by atoms with Crippen LogP contribution in [0.1, 0.15) is 19.8 Å². The predicted molar refractivity (Wildman–Crippen MR) is 70.4 cm³/mol. The fraction of sp³-hybridized carbons (Fsp3) is 0.357. The summed E-state index contributed by atoms with van der Waals surface area (Å²) in [6, 6.07) is 9.65. The molecule has 1 aromatic carbocycles. The molecule has 3 rings (SSSR count). The summed E-state index contributed by atoms with van der Waals surface area (Å²) in [4.78, 5) is 14.7. The van der Waals surface area contributed by atoms with Crippen molar-refractivity contribution in [3.05, 3.63) is 40.7 Å². The van der Waals surface area contributed by atoms with Crippen molar-refractivity contribution in [1.82, 2.24) is 4.98 Å². The quantitative estimate of drug-likeness (QED) is 0.848. The van der Waals surface area contributed by atoms with Crippen molar-refractivity contribution in [2.24, 2.45) is 5.41 Å². The Bertz CT molecular complexity index is 611. The van der Waals surface area contributed by atoms with Gasteiger partial charge in [0.2, 0.25) is 0 Å². The van der Waals surface area contributed by atoms with Gasteiger partial charge >= 0.3 is 0 Å². The van der Waals surface area contributed by atoms with Crippen LogP contribution in [0, 0.1) is 5.41 Å². The van der Waals surface area contributed by atoms with Crippen LogP contribution in [0.5, 0.6) is 0 Å². The zero-order valence-corrected chi connectivity index (χ0v) is 9.92. The van der Waals surface area contributed by atoms with E-state index in [1.54, 1.807) is 0 Å². The molecule has 1 aromatic heterocycles. The summed E-state index contributed by atoms with van der Waals surface area (Å²) in [6.07, 6.45) is 2.55. The Morgan fingerprint density at radius 2 is 2.12 bits per heavy atom. The van der Waals surface area contributed by atoms with Crippen molar-refractivity contribution in [1.29, 1.82) is 0 Å². The van der Waals surface area contributed by atoms with Gasteiger partial charge in [-0.25, -0.2) is 0 Å². The molecule has 1 aliphatic rings. The maximum Gasteiger partial charge on any atom is 0.257 e. The van der Waals surface area contributed by atoms with E-state index in [9.17, 15) is 4.79 Å². The minimum absolute atomic E-state index is 0.0217. The van der Waals surface area contributed by atoms with Crippen LogP contribution in [0.2, 0.25) is 0 Å². The van der Waals surface area contributed by atoms with Crippen LogP contribution < -0.4 is 10.9 Å². The van der Waals surface area contributed by atoms with Crippen molar-refractivity contribution < 1.29 is 0 Å². The molecule has 1 heterocycles. The number of rotatable bonds is 3. The van der Waals surface area contributed by atoms with E-state index < -0.39 is 0 Å². The molecule has 2 N–H and O–H groups in total. The van der Waals surface area contributed by atoms with Gasteiger partial charge in [0.15, 0.2) is 0 Å². The molecule has 0 spiro atoms. The molecule has 88 valence electrons. The minimum Gasteiger partial charge on any atom is -0.371 e. The molecule has 0 bridgehead atoms. The molecule has 0 aliphatic heterocycles. The fourth-order valence-corrected chi connectivity index (χ4v) is 2.00. The number of benzene rings is 1. The molecular formula is C14H16N2O. The highest BCUT2D eigenvalue weighted by Gasteiger charge is 2.36. The van der Waals surface area contributed by atoms with E-state index in [1.807, 2.05) is 30.3 Å². The number of nitrogens with one attached hydrogen (secondary N) is 2. The summed E-state index contributed by atoms with van der Waals surface area (Å²) >= 11 is 0. The second-order valence-electron chi connectivity index (χ2n) is 5.26. The second-order valence-corrected chi connectivity index (χ2v) is 5.26. The van der Waals surface area contributed by atoms with Gasteiger partial charge in [-0.1, -0.05) is 25.1 Å². The van der Waals surface area contributed by atoms with Crippen LogP contribution in [0.3, 0.4) is 0 Å². The molecule has 0 unspecified atom stereocenters. The Kier molecular flexibility index (Phi) is 2.21. The standard InChI is InChI=1S/C14H16N2O/c1-14(6-7-14)9-15-12-8-10-4-2-3-5-11(10)13(17)16-12/h2-5,8H,6-7,9H2,1H3,(H2,15,16,17). The van der Waals surface area contributed by atoms with E-state index in [4.69, 9.17) is 0 Å². The third kappa shape index (κ3) is 2.05. The molecule has 0 amide bonds. The van der Waals surface area contributed by atoms with Gasteiger partial charge in [-0.05, 0) is 35.8 Å². The number of hydrogen-bond donors (Lipinski definition) is 2. The number of fused-ring (bicyclic) bond motifs is 1. The summed E-state index contributed by atoms with van der Waals surface area (Å²) < 4.78 is 0. The molecule has 0 radical (unpaired) electrons. The molecule has 0 atom stereocenters. The Morgan fingerprint density at radius 3 is 2.88 bits per heavy atom. The Labute approximate surface area is 99.9 Å². The number of aromatic amines is 1. The molecule has 1 aliphatic carbocycles. The lowest BCUT2D eigenvalue weighted by atomic mass is 10.1. The minimum atomic E-state index is -0.0217. The lowest BCUT2D eigenvalue weighted by Gasteiger charge is -2.11. The third-order valence-corrected chi connectivity index (χ3v) is 3.56. The molecule has 17 heavy (non-hydrogen) atoms. The monoisotopic (exact) mass is 228 g/mol. The maximum absolute atomic E-state index is 11.8. The zero-order valence-electron chi connectivity index (χ0n) is 9.92. The molecule has 1 fully saturated rings. The van der Waals surface area contributed by atoms with Gasteiger partial charge < -0.3 is 10.3 Å². The van der Waals surface area contributed by atoms with Gasteiger partial charge in [-0.2, -0.15) is 0 Å². The van der Waals surface area contributed by atoms with E-state index in [0.29, 0.717) is 5.41 Å². The Hall–Kier alpha value is -1.77. The summed E-state index contributed by atoms with van der Waals surface area (Å²) in [5.74, 6) is 0.821. The summed E-state index contributed by atoms with van der Waals surface area (Å²) in [5, 5.41) is 5.06. The number of hydrogen-bond acceptors (Lipinski definition) is 2. The lowest BCUT2D eigenvalue weighted by Crippen LogP contribution is -2.16. The highest BCUT2D eigenvalue weighted by Crippen LogP contribution is 2.44. The zero-order chi connectivity index (χ0) is 11.9. The van der Waals surface area contributed by atoms with Crippen molar-refractivity contribution in [2.45, 2.75) is 19.8 Å². The van der Waals surface area contributed by atoms with E-state index in [0.717, 1.165) is 23.1 Å². The number of aromatic nitrogens is 1. The first-order chi connectivity index (χ1) is 8.16. The number of anilines is 1. The van der Waals surface area contributed by atoms with Gasteiger partial charge in [0.1, 0.15) is 5.82 Å². The molecule has 3 nitrogen and oxygen atoms in total. The first kappa shape index (κ1) is 10.4. The average Bonchev–Trinajstić information content (AvgIpc) is 3.06. The van der Waals surface area contributed by atoms with Crippen LogP contribution in [0.15, 0.2) is 35.1 Å². The maximum atomic E-state index is 11.8. The van der Waals surface area contributed by atoms with Gasteiger partial charge in [-0.15, -0.1) is 0 Å². The molecular weight excluding hydrogens is 212 g/mol. The topological polar surface area (TPSA) is 44.9 Å². The summed E-state index contributed by atoms with van der Waals surface area (Å²) in [6.45, 7) is 3.19. The van der Waals surface area contributed by atoms with Gasteiger partial charge in [0, 0.05) is 11.9 Å². The normalized spacial score (nSPS) is 17.0. The molecule has 2 aromatic rings. The third-order valence-electron chi connectivity index (χ3n) is 3.56.